The van der Waals surface area contributed by atoms with Crippen molar-refractivity contribution < 1.29 is 33.1 Å². The number of hydrogen-bond donors (Lipinski definition) is 2. The van der Waals surface area contributed by atoms with Gasteiger partial charge in [-0.3, -0.25) is 24.1 Å². The molecule has 1 aromatic heterocycles. The van der Waals surface area contributed by atoms with E-state index in [-0.39, 0.29) is 12.1 Å². The topological polar surface area (TPSA) is 138 Å². The molecule has 1 aliphatic rings. The molecule has 1 aliphatic heterocycles. The molecular weight excluding hydrogens is 444 g/mol. The molecule has 0 bridgehead atoms. The van der Waals surface area contributed by atoms with Crippen molar-refractivity contribution in [1.29, 1.82) is 0 Å². The monoisotopic (exact) mass is 470 g/mol. The Labute approximate surface area is 196 Å². The van der Waals surface area contributed by atoms with E-state index < -0.39 is 48.4 Å². The van der Waals surface area contributed by atoms with E-state index in [0.29, 0.717) is 17.9 Å². The van der Waals surface area contributed by atoms with Gasteiger partial charge in [-0.25, -0.2) is 4.79 Å². The van der Waals surface area contributed by atoms with E-state index in [9.17, 15) is 24.0 Å². The fourth-order valence-corrected chi connectivity index (χ4v) is 3.31. The average molecular weight is 470 g/mol. The molecule has 11 nitrogen and oxygen atoms in total. The lowest BCUT2D eigenvalue weighted by molar-refractivity contribution is -0.150. The summed E-state index contributed by atoms with van der Waals surface area (Å²) >= 11 is 0. The third-order valence-electron chi connectivity index (χ3n) is 5.58. The zero-order valence-corrected chi connectivity index (χ0v) is 19.1. The van der Waals surface area contributed by atoms with Gasteiger partial charge in [-0.2, -0.15) is 0 Å². The van der Waals surface area contributed by atoms with Crippen LogP contribution in [0.5, 0.6) is 0 Å². The van der Waals surface area contributed by atoms with Crippen LogP contribution in [-0.2, 0) is 25.7 Å². The number of carbonyl (C=O) groups excluding carboxylic acids is 5. The first-order valence-corrected chi connectivity index (χ1v) is 10.6. The lowest BCUT2D eigenvalue weighted by atomic mass is 9.99. The third-order valence-corrected chi connectivity index (χ3v) is 5.58. The fraction of sp³-hybridized carbons (Fsp3) is 0.348. The minimum atomic E-state index is -1.07. The highest BCUT2D eigenvalue weighted by molar-refractivity contribution is 6.08. The van der Waals surface area contributed by atoms with Gasteiger partial charge in [0.25, 0.3) is 17.7 Å². The minimum Gasteiger partial charge on any atom is -0.467 e. The molecule has 0 aliphatic carbocycles. The molecule has 2 N–H and O–H groups in total. The lowest BCUT2D eigenvalue weighted by Gasteiger charge is -2.21. The molecule has 3 rings (SSSR count). The number of benzene rings is 1. The highest BCUT2D eigenvalue weighted by Crippen LogP contribution is 2.21. The van der Waals surface area contributed by atoms with Crippen molar-refractivity contribution in [3.8, 4) is 0 Å². The summed E-state index contributed by atoms with van der Waals surface area (Å²) in [5.74, 6) is -1.88. The van der Waals surface area contributed by atoms with Crippen LogP contribution in [0, 0.1) is 0 Å². The Balaban J connectivity index is 1.57. The molecule has 1 saturated heterocycles. The first-order chi connectivity index (χ1) is 16.2. The van der Waals surface area contributed by atoms with Crippen molar-refractivity contribution in [3.63, 3.8) is 0 Å². The first-order valence-electron chi connectivity index (χ1n) is 10.6. The number of ether oxygens (including phenoxy) is 1. The second kappa shape index (κ2) is 10.2. The largest absolute Gasteiger partial charge is 0.467 e. The van der Waals surface area contributed by atoms with Gasteiger partial charge in [-0.1, -0.05) is 19.1 Å². The number of amides is 5. The van der Waals surface area contributed by atoms with Gasteiger partial charge in [0.1, 0.15) is 17.8 Å². The maximum atomic E-state index is 12.6. The normalized spacial score (nSPS) is 17.3. The second-order valence-corrected chi connectivity index (χ2v) is 7.90. The Kier molecular flexibility index (Phi) is 7.34. The predicted octanol–water partition coefficient (Wildman–Crippen LogP) is 1.44. The highest BCUT2D eigenvalue weighted by atomic mass is 16.5. The Morgan fingerprint density at radius 2 is 1.91 bits per heavy atom. The van der Waals surface area contributed by atoms with Crippen LogP contribution in [0.1, 0.15) is 36.4 Å². The van der Waals surface area contributed by atoms with E-state index in [2.05, 4.69) is 10.6 Å². The molecule has 11 heteroatoms. The van der Waals surface area contributed by atoms with Gasteiger partial charge in [-0.15, -0.1) is 0 Å². The molecule has 5 amide bonds. The number of nitrogens with one attached hydrogen (secondary N) is 2. The number of likely N-dealkylation sites (N-methyl/N-ethyl adjacent to an activating group) is 1. The van der Waals surface area contributed by atoms with Crippen molar-refractivity contribution >= 4 is 35.4 Å². The Bertz CT molecular complexity index is 1100. The zero-order chi connectivity index (χ0) is 24.9. The molecule has 1 unspecified atom stereocenters. The number of furan rings is 1. The summed E-state index contributed by atoms with van der Waals surface area (Å²) in [6.45, 7) is 2.24. The Hall–Kier alpha value is -4.15. The second-order valence-electron chi connectivity index (χ2n) is 7.90. The molecule has 34 heavy (non-hydrogen) atoms. The van der Waals surface area contributed by atoms with Crippen LogP contribution >= 0.6 is 0 Å². The van der Waals surface area contributed by atoms with Gasteiger partial charge in [0.15, 0.2) is 6.61 Å². The molecule has 1 fully saturated rings. The molecule has 0 radical (unpaired) electrons. The molecule has 1 aromatic carbocycles. The van der Waals surface area contributed by atoms with Gasteiger partial charge >= 0.3 is 12.0 Å². The van der Waals surface area contributed by atoms with Crippen molar-refractivity contribution in [1.82, 2.24) is 15.5 Å². The summed E-state index contributed by atoms with van der Waals surface area (Å²) in [5.41, 5.74) is -0.517. The maximum Gasteiger partial charge on any atom is 0.326 e. The van der Waals surface area contributed by atoms with Crippen LogP contribution < -0.4 is 15.5 Å². The summed E-state index contributed by atoms with van der Waals surface area (Å²) in [6, 6.07) is 9.20. The minimum absolute atomic E-state index is 0.176. The number of para-hydroxylation sites is 1. The fourth-order valence-electron chi connectivity index (χ4n) is 3.31. The number of urea groups is 1. The molecule has 2 heterocycles. The summed E-state index contributed by atoms with van der Waals surface area (Å²) in [7, 11) is 1.44. The Morgan fingerprint density at radius 1 is 1.18 bits per heavy atom. The smallest absolute Gasteiger partial charge is 0.326 e. The molecule has 0 saturated carbocycles. The van der Waals surface area contributed by atoms with Crippen molar-refractivity contribution in [2.24, 2.45) is 0 Å². The van der Waals surface area contributed by atoms with Gasteiger partial charge in [0.2, 0.25) is 0 Å². The number of imide groups is 1. The van der Waals surface area contributed by atoms with Crippen molar-refractivity contribution in [2.75, 3.05) is 25.1 Å². The Morgan fingerprint density at radius 3 is 2.56 bits per heavy atom. The number of rotatable bonds is 9. The molecule has 0 spiro atoms. The van der Waals surface area contributed by atoms with Crippen LogP contribution in [0.15, 0.2) is 47.1 Å². The van der Waals surface area contributed by atoms with Crippen LogP contribution in [0.3, 0.4) is 0 Å². The molecule has 1 atom stereocenters. The molecule has 180 valence electrons. The maximum absolute atomic E-state index is 12.6. The standard InChI is InChI=1S/C23H26N4O7/c1-4-23(2)21(31)27(22(32)25-23)13-19(29)34-14-18(28)26(3)17-10-6-5-9-16(17)20(30)24-12-15-8-7-11-33-15/h5-11H,4,12-14H2,1-3H3,(H,24,30)(H,25,32). The summed E-state index contributed by atoms with van der Waals surface area (Å²) in [4.78, 5) is 63.8. The van der Waals surface area contributed by atoms with E-state index in [1.54, 1.807) is 50.2 Å². The SMILES string of the molecule is CCC1(C)NC(=O)N(CC(=O)OCC(=O)N(C)c2ccccc2C(=O)NCc2ccco2)C1=O. The lowest BCUT2D eigenvalue weighted by Crippen LogP contribution is -2.43. The van der Waals surface area contributed by atoms with Crippen molar-refractivity contribution in [2.45, 2.75) is 32.4 Å². The van der Waals surface area contributed by atoms with Gasteiger partial charge in [0, 0.05) is 7.05 Å². The number of carbonyl (C=O) groups is 5. The highest BCUT2D eigenvalue weighted by Gasteiger charge is 2.47. The average Bonchev–Trinajstić information content (AvgIpc) is 3.43. The summed E-state index contributed by atoms with van der Waals surface area (Å²) < 4.78 is 10.2. The van der Waals surface area contributed by atoms with Gasteiger partial charge in [0.05, 0.1) is 24.1 Å². The number of nitrogens with zero attached hydrogens (tertiary/aromatic N) is 2. The number of esters is 1. The predicted molar refractivity (Wildman–Crippen MR) is 120 cm³/mol. The summed E-state index contributed by atoms with van der Waals surface area (Å²) in [5, 5.41) is 5.25. The third kappa shape index (κ3) is 5.25. The molecule has 2 aromatic rings. The van der Waals surface area contributed by atoms with E-state index in [1.165, 1.54) is 18.2 Å². The van der Waals surface area contributed by atoms with Gasteiger partial charge in [-0.05, 0) is 37.6 Å². The number of anilines is 1. The molecular formula is C23H26N4O7. The van der Waals surface area contributed by atoms with Crippen LogP contribution in [0.2, 0.25) is 0 Å². The van der Waals surface area contributed by atoms with E-state index in [4.69, 9.17) is 9.15 Å². The summed E-state index contributed by atoms with van der Waals surface area (Å²) in [6.07, 6.45) is 1.86. The van der Waals surface area contributed by atoms with Crippen LogP contribution in [0.25, 0.3) is 0 Å². The number of hydrogen-bond acceptors (Lipinski definition) is 7. The van der Waals surface area contributed by atoms with Crippen LogP contribution in [0.4, 0.5) is 10.5 Å². The van der Waals surface area contributed by atoms with E-state index in [1.807, 2.05) is 0 Å². The van der Waals surface area contributed by atoms with Crippen LogP contribution in [-0.4, -0.2) is 60.4 Å². The quantitative estimate of drug-likeness (QED) is 0.418. The van der Waals surface area contributed by atoms with E-state index in [0.717, 1.165) is 4.90 Å². The zero-order valence-electron chi connectivity index (χ0n) is 19.1. The van der Waals surface area contributed by atoms with Gasteiger partial charge < -0.3 is 24.7 Å². The van der Waals surface area contributed by atoms with E-state index >= 15 is 0 Å². The first kappa shape index (κ1) is 24.5. The van der Waals surface area contributed by atoms with Crippen molar-refractivity contribution in [3.05, 3.63) is 54.0 Å².